The molecule has 0 aliphatic carbocycles. The van der Waals surface area contributed by atoms with Gasteiger partial charge in [-0.25, -0.2) is 0 Å². The molecule has 4 heteroatoms. The van der Waals surface area contributed by atoms with Gasteiger partial charge in [0.25, 0.3) is 0 Å². The largest absolute Gasteiger partial charge is 0.497 e. The van der Waals surface area contributed by atoms with Crippen LogP contribution in [0.2, 0.25) is 0 Å². The Hall–Kier alpha value is -1.84. The number of methoxy groups -OCH3 is 1. The molecule has 1 heterocycles. The standard InChI is InChI=1S/C11H13N2O2/c1-12-7-8-6-9(15-3)4-5-10(8)13(2)11(12)14/h4-7H,1-3H3/q+1. The van der Waals surface area contributed by atoms with Crippen molar-refractivity contribution in [2.45, 2.75) is 0 Å². The number of hydrogen-bond acceptors (Lipinski definition) is 2. The Morgan fingerprint density at radius 3 is 2.80 bits per heavy atom. The van der Waals surface area contributed by atoms with Crippen LogP contribution in [0, 0.1) is 0 Å². The quantitative estimate of drug-likeness (QED) is 0.630. The highest BCUT2D eigenvalue weighted by Crippen LogP contribution is 2.17. The average Bonchev–Trinajstić information content (AvgIpc) is 2.25. The third-order valence-electron chi connectivity index (χ3n) is 2.52. The molecule has 15 heavy (non-hydrogen) atoms. The van der Waals surface area contributed by atoms with E-state index >= 15 is 0 Å². The van der Waals surface area contributed by atoms with Crippen LogP contribution < -0.4 is 15.0 Å². The first-order valence-electron chi connectivity index (χ1n) is 4.67. The predicted octanol–water partition coefficient (Wildman–Crippen LogP) is 0.372. The highest BCUT2D eigenvalue weighted by Gasteiger charge is 2.10. The zero-order chi connectivity index (χ0) is 11.0. The van der Waals surface area contributed by atoms with E-state index in [0.717, 1.165) is 16.7 Å². The van der Waals surface area contributed by atoms with Crippen molar-refractivity contribution < 1.29 is 9.30 Å². The minimum Gasteiger partial charge on any atom is -0.497 e. The Morgan fingerprint density at radius 1 is 1.40 bits per heavy atom. The average molecular weight is 205 g/mol. The van der Waals surface area contributed by atoms with Crippen molar-refractivity contribution in [2.24, 2.45) is 14.1 Å². The Bertz CT molecular complexity index is 573. The van der Waals surface area contributed by atoms with Crippen molar-refractivity contribution in [2.75, 3.05) is 7.11 Å². The van der Waals surface area contributed by atoms with Crippen LogP contribution in [-0.4, -0.2) is 11.7 Å². The van der Waals surface area contributed by atoms with Gasteiger partial charge in [-0.2, -0.15) is 13.9 Å². The number of fused-ring (bicyclic) bond motifs is 1. The molecule has 0 atom stereocenters. The molecule has 0 spiro atoms. The highest BCUT2D eigenvalue weighted by molar-refractivity contribution is 5.78. The molecule has 0 unspecified atom stereocenters. The smallest absolute Gasteiger partial charge is 0.497 e. The van der Waals surface area contributed by atoms with Gasteiger partial charge in [0, 0.05) is 0 Å². The lowest BCUT2D eigenvalue weighted by atomic mass is 10.2. The van der Waals surface area contributed by atoms with Gasteiger partial charge in [-0.1, -0.05) is 0 Å². The Labute approximate surface area is 87.3 Å². The lowest BCUT2D eigenvalue weighted by Crippen LogP contribution is -2.50. The van der Waals surface area contributed by atoms with E-state index in [0.29, 0.717) is 0 Å². The Morgan fingerprint density at radius 2 is 2.13 bits per heavy atom. The summed E-state index contributed by atoms with van der Waals surface area (Å²) in [4.78, 5) is 11.6. The molecule has 1 aromatic heterocycles. The summed E-state index contributed by atoms with van der Waals surface area (Å²) >= 11 is 0. The van der Waals surface area contributed by atoms with Crippen molar-refractivity contribution in [3.63, 3.8) is 0 Å². The molecule has 1 aromatic carbocycles. The molecule has 78 valence electrons. The first kappa shape index (κ1) is 9.71. The molecule has 2 rings (SSSR count). The summed E-state index contributed by atoms with van der Waals surface area (Å²) in [5, 5.41) is 0.985. The summed E-state index contributed by atoms with van der Waals surface area (Å²) < 4.78 is 8.31. The van der Waals surface area contributed by atoms with E-state index in [1.807, 2.05) is 18.2 Å². The van der Waals surface area contributed by atoms with Crippen LogP contribution >= 0.6 is 0 Å². The van der Waals surface area contributed by atoms with Gasteiger partial charge in [0.1, 0.15) is 17.5 Å². The van der Waals surface area contributed by atoms with Crippen molar-refractivity contribution >= 4 is 10.9 Å². The van der Waals surface area contributed by atoms with Gasteiger partial charge >= 0.3 is 5.69 Å². The SMILES string of the molecule is COc1ccc2c(c1)c[n+](C)c(=O)n2C. The fraction of sp³-hybridized carbons (Fsp3) is 0.273. The molecule has 0 fully saturated rings. The van der Waals surface area contributed by atoms with Gasteiger partial charge in [-0.05, 0) is 18.2 Å². The van der Waals surface area contributed by atoms with Crippen LogP contribution in [-0.2, 0) is 14.1 Å². The Balaban J connectivity index is 2.86. The number of aromatic nitrogens is 2. The second kappa shape index (κ2) is 3.38. The molecule has 2 aromatic rings. The van der Waals surface area contributed by atoms with Crippen LogP contribution in [0.5, 0.6) is 5.75 Å². The van der Waals surface area contributed by atoms with Crippen molar-refractivity contribution in [3.05, 3.63) is 34.9 Å². The van der Waals surface area contributed by atoms with Crippen LogP contribution in [0.25, 0.3) is 10.9 Å². The summed E-state index contributed by atoms with van der Waals surface area (Å²) in [5.41, 5.74) is 0.867. The summed E-state index contributed by atoms with van der Waals surface area (Å²) in [7, 11) is 5.13. The lowest BCUT2D eigenvalue weighted by Gasteiger charge is -2.02. The minimum absolute atomic E-state index is 0.0346. The maximum absolute atomic E-state index is 11.6. The molecule has 0 amide bonds. The van der Waals surface area contributed by atoms with Crippen LogP contribution in [0.15, 0.2) is 29.2 Å². The first-order chi connectivity index (χ1) is 7.13. The molecule has 0 N–H and O–H groups in total. The zero-order valence-electron chi connectivity index (χ0n) is 9.02. The monoisotopic (exact) mass is 205 g/mol. The van der Waals surface area contributed by atoms with Crippen LogP contribution in [0.3, 0.4) is 0 Å². The van der Waals surface area contributed by atoms with E-state index in [1.54, 1.807) is 36.5 Å². The number of aryl methyl sites for hydroxylation is 2. The molecular weight excluding hydrogens is 192 g/mol. The molecule has 0 bridgehead atoms. The van der Waals surface area contributed by atoms with E-state index in [1.165, 1.54) is 0 Å². The molecule has 0 radical (unpaired) electrons. The van der Waals surface area contributed by atoms with Gasteiger partial charge in [-0.3, -0.25) is 0 Å². The molecule has 0 aliphatic rings. The summed E-state index contributed by atoms with van der Waals surface area (Å²) in [6.45, 7) is 0. The number of nitrogens with zero attached hydrogens (tertiary/aromatic N) is 2. The highest BCUT2D eigenvalue weighted by atomic mass is 16.5. The topological polar surface area (TPSA) is 35.1 Å². The van der Waals surface area contributed by atoms with E-state index in [2.05, 4.69) is 0 Å². The third kappa shape index (κ3) is 1.48. The molecule has 0 saturated carbocycles. The van der Waals surface area contributed by atoms with E-state index in [9.17, 15) is 4.79 Å². The van der Waals surface area contributed by atoms with Gasteiger partial charge < -0.3 is 4.74 Å². The second-order valence-electron chi connectivity index (χ2n) is 3.51. The second-order valence-corrected chi connectivity index (χ2v) is 3.51. The summed E-state index contributed by atoms with van der Waals surface area (Å²) in [6, 6.07) is 5.64. The Kier molecular flexibility index (Phi) is 2.19. The van der Waals surface area contributed by atoms with Crippen molar-refractivity contribution in [3.8, 4) is 5.75 Å². The fourth-order valence-electron chi connectivity index (χ4n) is 1.67. The minimum atomic E-state index is -0.0346. The van der Waals surface area contributed by atoms with E-state index in [4.69, 9.17) is 4.74 Å². The van der Waals surface area contributed by atoms with E-state index < -0.39 is 0 Å². The van der Waals surface area contributed by atoms with E-state index in [-0.39, 0.29) is 5.69 Å². The summed E-state index contributed by atoms with van der Waals surface area (Å²) in [6.07, 6.45) is 1.81. The predicted molar refractivity (Wildman–Crippen MR) is 56.9 cm³/mol. The van der Waals surface area contributed by atoms with Crippen LogP contribution in [0.4, 0.5) is 0 Å². The van der Waals surface area contributed by atoms with Gasteiger partial charge in [-0.15, -0.1) is 0 Å². The van der Waals surface area contributed by atoms with Gasteiger partial charge in [0.15, 0.2) is 0 Å². The van der Waals surface area contributed by atoms with Crippen molar-refractivity contribution in [1.29, 1.82) is 0 Å². The number of benzene rings is 1. The van der Waals surface area contributed by atoms with Gasteiger partial charge in [0.2, 0.25) is 0 Å². The maximum Gasteiger partial charge on any atom is 0.497 e. The fourth-order valence-corrected chi connectivity index (χ4v) is 1.67. The van der Waals surface area contributed by atoms with Gasteiger partial charge in [0.05, 0.1) is 26.6 Å². The first-order valence-corrected chi connectivity index (χ1v) is 4.67. The number of rotatable bonds is 1. The normalized spacial score (nSPS) is 10.6. The molecule has 0 aliphatic heterocycles. The van der Waals surface area contributed by atoms with Crippen LogP contribution in [0.1, 0.15) is 0 Å². The third-order valence-corrected chi connectivity index (χ3v) is 2.52. The summed E-state index contributed by atoms with van der Waals surface area (Å²) in [5.74, 6) is 0.793. The number of ether oxygens (including phenoxy) is 1. The molecule has 0 saturated heterocycles. The van der Waals surface area contributed by atoms with Crippen molar-refractivity contribution in [1.82, 2.24) is 4.57 Å². The number of hydrogen-bond donors (Lipinski definition) is 0. The lowest BCUT2D eigenvalue weighted by molar-refractivity contribution is -0.689. The maximum atomic E-state index is 11.6. The molecule has 4 nitrogen and oxygen atoms in total. The molecular formula is C11H13N2O2+. The zero-order valence-corrected chi connectivity index (χ0v) is 9.02.